The summed E-state index contributed by atoms with van der Waals surface area (Å²) in [6, 6.07) is 4.17. The molecule has 5 heteroatoms. The lowest BCUT2D eigenvalue weighted by atomic mass is 9.83. The second-order valence-electron chi connectivity index (χ2n) is 5.40. The Hall–Kier alpha value is -1.65. The first-order valence-corrected chi connectivity index (χ1v) is 6.74. The molecule has 4 nitrogen and oxygen atoms in total. The van der Waals surface area contributed by atoms with Crippen molar-refractivity contribution in [2.24, 2.45) is 11.8 Å². The van der Waals surface area contributed by atoms with Gasteiger partial charge >= 0.3 is 5.69 Å². The van der Waals surface area contributed by atoms with E-state index in [-0.39, 0.29) is 5.69 Å². The fourth-order valence-corrected chi connectivity index (χ4v) is 2.63. The van der Waals surface area contributed by atoms with Crippen LogP contribution in [0.4, 0.5) is 15.8 Å². The molecule has 1 fully saturated rings. The van der Waals surface area contributed by atoms with E-state index in [4.69, 9.17) is 0 Å². The Labute approximate surface area is 112 Å². The van der Waals surface area contributed by atoms with Gasteiger partial charge in [-0.05, 0) is 36.8 Å². The Morgan fingerprint density at radius 3 is 2.68 bits per heavy atom. The van der Waals surface area contributed by atoms with Crippen molar-refractivity contribution in [3.63, 3.8) is 0 Å². The van der Waals surface area contributed by atoms with Crippen molar-refractivity contribution < 1.29 is 9.31 Å². The largest absolute Gasteiger partial charge is 0.379 e. The fourth-order valence-electron chi connectivity index (χ4n) is 2.63. The van der Waals surface area contributed by atoms with Crippen LogP contribution in [0.25, 0.3) is 0 Å². The molecule has 0 amide bonds. The number of anilines is 1. The molecule has 1 aromatic carbocycles. The Balaban J connectivity index is 2.00. The molecule has 104 valence electrons. The maximum atomic E-state index is 13.4. The quantitative estimate of drug-likeness (QED) is 0.662. The molecule has 0 atom stereocenters. The number of rotatable bonds is 4. The lowest BCUT2D eigenvalue weighted by Gasteiger charge is -2.26. The van der Waals surface area contributed by atoms with E-state index in [9.17, 15) is 14.5 Å². The third-order valence-corrected chi connectivity index (χ3v) is 3.89. The number of nitrogens with one attached hydrogen (secondary N) is 1. The molecule has 0 saturated heterocycles. The van der Waals surface area contributed by atoms with E-state index in [1.807, 2.05) is 0 Å². The molecular weight excluding hydrogens is 247 g/mol. The van der Waals surface area contributed by atoms with Crippen molar-refractivity contribution in [2.75, 3.05) is 11.9 Å². The second kappa shape index (κ2) is 5.99. The molecule has 1 N–H and O–H groups in total. The van der Waals surface area contributed by atoms with E-state index in [1.54, 1.807) is 6.07 Å². The van der Waals surface area contributed by atoms with Crippen molar-refractivity contribution in [1.82, 2.24) is 0 Å². The molecule has 0 aliphatic heterocycles. The number of benzene rings is 1. The van der Waals surface area contributed by atoms with Crippen LogP contribution in [0.15, 0.2) is 18.2 Å². The Morgan fingerprint density at radius 2 is 2.05 bits per heavy atom. The number of hydrogen-bond acceptors (Lipinski definition) is 3. The minimum Gasteiger partial charge on any atom is -0.379 e. The molecule has 1 aliphatic rings. The maximum Gasteiger partial charge on any atom is 0.327 e. The minimum atomic E-state index is -0.785. The summed E-state index contributed by atoms with van der Waals surface area (Å²) in [4.78, 5) is 10.2. The Kier molecular flexibility index (Phi) is 4.35. The average Bonchev–Trinajstić information content (AvgIpc) is 2.37. The lowest BCUT2D eigenvalue weighted by molar-refractivity contribution is -0.386. The highest BCUT2D eigenvalue weighted by Crippen LogP contribution is 2.31. The number of nitro benzene ring substituents is 1. The summed E-state index contributed by atoms with van der Waals surface area (Å²) < 4.78 is 13.4. The van der Waals surface area contributed by atoms with Crippen LogP contribution in [0, 0.1) is 27.8 Å². The first kappa shape index (κ1) is 13.8. The van der Waals surface area contributed by atoms with Gasteiger partial charge in [0.15, 0.2) is 0 Å². The van der Waals surface area contributed by atoms with Crippen LogP contribution < -0.4 is 5.32 Å². The normalized spacial score (nSPS) is 23.1. The third-order valence-electron chi connectivity index (χ3n) is 3.89. The zero-order valence-corrected chi connectivity index (χ0v) is 11.1. The predicted octanol–water partition coefficient (Wildman–Crippen LogP) is 3.97. The van der Waals surface area contributed by atoms with Crippen molar-refractivity contribution in [3.8, 4) is 0 Å². The van der Waals surface area contributed by atoms with Gasteiger partial charge in [0.05, 0.1) is 4.92 Å². The molecule has 0 bridgehead atoms. The summed E-state index contributed by atoms with van der Waals surface area (Å²) in [5, 5.41) is 13.9. The molecule has 1 aliphatic carbocycles. The van der Waals surface area contributed by atoms with Gasteiger partial charge in [-0.15, -0.1) is 0 Å². The fraction of sp³-hybridized carbons (Fsp3) is 0.571. The van der Waals surface area contributed by atoms with Crippen molar-refractivity contribution in [2.45, 2.75) is 32.6 Å². The molecule has 19 heavy (non-hydrogen) atoms. The summed E-state index contributed by atoms with van der Waals surface area (Å²) >= 11 is 0. The van der Waals surface area contributed by atoms with Crippen molar-refractivity contribution in [3.05, 3.63) is 34.1 Å². The second-order valence-corrected chi connectivity index (χ2v) is 5.40. The minimum absolute atomic E-state index is 0.281. The monoisotopic (exact) mass is 266 g/mol. The average molecular weight is 266 g/mol. The van der Waals surface area contributed by atoms with Gasteiger partial charge in [0, 0.05) is 6.54 Å². The zero-order chi connectivity index (χ0) is 13.8. The van der Waals surface area contributed by atoms with Crippen molar-refractivity contribution in [1.29, 1.82) is 0 Å². The van der Waals surface area contributed by atoms with Crippen LogP contribution in [-0.2, 0) is 0 Å². The van der Waals surface area contributed by atoms with Gasteiger partial charge in [-0.2, -0.15) is 4.39 Å². The molecule has 0 radical (unpaired) electrons. The molecule has 1 aromatic rings. The van der Waals surface area contributed by atoms with Gasteiger partial charge in [0.1, 0.15) is 5.69 Å². The standard InChI is InChI=1S/C14H19FN2O2/c1-10-5-7-11(8-6-10)9-16-13-4-2-3-12(15)14(13)17(18)19/h2-4,10-11,16H,5-9H2,1H3. The van der Waals surface area contributed by atoms with E-state index in [0.717, 1.165) is 24.8 Å². The van der Waals surface area contributed by atoms with E-state index in [2.05, 4.69) is 12.2 Å². The third kappa shape index (κ3) is 3.43. The number of nitrogens with zero attached hydrogens (tertiary/aromatic N) is 1. The first-order chi connectivity index (χ1) is 9.08. The smallest absolute Gasteiger partial charge is 0.327 e. The Morgan fingerprint density at radius 1 is 1.37 bits per heavy atom. The lowest BCUT2D eigenvalue weighted by Crippen LogP contribution is -2.20. The van der Waals surface area contributed by atoms with Gasteiger partial charge in [-0.1, -0.05) is 25.8 Å². The van der Waals surface area contributed by atoms with Gasteiger partial charge in [0.2, 0.25) is 5.82 Å². The van der Waals surface area contributed by atoms with Gasteiger partial charge < -0.3 is 5.32 Å². The van der Waals surface area contributed by atoms with Crippen molar-refractivity contribution >= 4 is 11.4 Å². The van der Waals surface area contributed by atoms with Crippen LogP contribution >= 0.6 is 0 Å². The highest BCUT2D eigenvalue weighted by atomic mass is 19.1. The SMILES string of the molecule is CC1CCC(CNc2cccc(F)c2[N+](=O)[O-])CC1. The first-order valence-electron chi connectivity index (χ1n) is 6.74. The van der Waals surface area contributed by atoms with E-state index in [0.29, 0.717) is 12.5 Å². The van der Waals surface area contributed by atoms with Gasteiger partial charge in [-0.25, -0.2) is 0 Å². The molecule has 0 heterocycles. The molecule has 2 rings (SSSR count). The summed E-state index contributed by atoms with van der Waals surface area (Å²) in [5.41, 5.74) is -0.171. The molecule has 0 unspecified atom stereocenters. The van der Waals surface area contributed by atoms with E-state index in [1.165, 1.54) is 18.9 Å². The number of hydrogen-bond donors (Lipinski definition) is 1. The van der Waals surface area contributed by atoms with Gasteiger partial charge in [0.25, 0.3) is 0 Å². The van der Waals surface area contributed by atoms with Crippen LogP contribution in [0.3, 0.4) is 0 Å². The number of halogens is 1. The van der Waals surface area contributed by atoms with Crippen LogP contribution in [0.2, 0.25) is 0 Å². The summed E-state index contributed by atoms with van der Waals surface area (Å²) in [7, 11) is 0. The summed E-state index contributed by atoms with van der Waals surface area (Å²) in [5.74, 6) is 0.520. The highest BCUT2D eigenvalue weighted by Gasteiger charge is 2.22. The maximum absolute atomic E-state index is 13.4. The summed E-state index contributed by atoms with van der Waals surface area (Å²) in [6.45, 7) is 2.93. The molecular formula is C14H19FN2O2. The van der Waals surface area contributed by atoms with Gasteiger partial charge in [-0.3, -0.25) is 10.1 Å². The predicted molar refractivity (Wildman–Crippen MR) is 72.7 cm³/mol. The highest BCUT2D eigenvalue weighted by molar-refractivity contribution is 5.61. The zero-order valence-electron chi connectivity index (χ0n) is 11.1. The number of nitro groups is 1. The Bertz CT molecular complexity index is 457. The number of para-hydroxylation sites is 1. The topological polar surface area (TPSA) is 55.2 Å². The van der Waals surface area contributed by atoms with Crippen LogP contribution in [0.5, 0.6) is 0 Å². The van der Waals surface area contributed by atoms with E-state index >= 15 is 0 Å². The van der Waals surface area contributed by atoms with E-state index < -0.39 is 16.4 Å². The van der Waals surface area contributed by atoms with Crippen LogP contribution in [-0.4, -0.2) is 11.5 Å². The molecule has 1 saturated carbocycles. The summed E-state index contributed by atoms with van der Waals surface area (Å²) in [6.07, 6.45) is 4.68. The molecule has 0 spiro atoms. The molecule has 0 aromatic heterocycles. The van der Waals surface area contributed by atoms with Crippen LogP contribution in [0.1, 0.15) is 32.6 Å².